The lowest BCUT2D eigenvalue weighted by Crippen LogP contribution is -2.00. The largest absolute Gasteiger partial charge is 0.493 e. The average molecular weight is 338 g/mol. The van der Waals surface area contributed by atoms with Crippen LogP contribution in [-0.2, 0) is 6.61 Å². The Hall–Kier alpha value is -2.01. The van der Waals surface area contributed by atoms with E-state index in [1.54, 1.807) is 0 Å². The van der Waals surface area contributed by atoms with E-state index in [0.717, 1.165) is 25.7 Å². The van der Waals surface area contributed by atoms with Crippen LogP contribution in [0, 0.1) is 17.5 Å². The molecule has 2 rings (SSSR count). The van der Waals surface area contributed by atoms with E-state index in [0.29, 0.717) is 12.4 Å². The van der Waals surface area contributed by atoms with Crippen molar-refractivity contribution in [2.75, 3.05) is 6.61 Å². The lowest BCUT2D eigenvalue weighted by Gasteiger charge is -2.10. The summed E-state index contributed by atoms with van der Waals surface area (Å²) >= 11 is 0. The number of unbranched alkanes of at least 4 members (excludes halogenated alkanes) is 3. The molecule has 130 valence electrons. The number of hydrogen-bond donors (Lipinski definition) is 1. The van der Waals surface area contributed by atoms with Gasteiger partial charge in [0, 0.05) is 22.8 Å². The third kappa shape index (κ3) is 4.29. The monoisotopic (exact) mass is 338 g/mol. The van der Waals surface area contributed by atoms with E-state index in [9.17, 15) is 13.2 Å². The van der Waals surface area contributed by atoms with Gasteiger partial charge in [-0.3, -0.25) is 0 Å². The maximum absolute atomic E-state index is 14.2. The molecule has 0 aromatic heterocycles. The second-order valence-electron chi connectivity index (χ2n) is 5.61. The molecule has 0 fully saturated rings. The van der Waals surface area contributed by atoms with Gasteiger partial charge in [0.2, 0.25) is 0 Å². The quantitative estimate of drug-likeness (QED) is 0.669. The second-order valence-corrected chi connectivity index (χ2v) is 5.61. The minimum atomic E-state index is -1.17. The fourth-order valence-electron chi connectivity index (χ4n) is 2.44. The lowest BCUT2D eigenvalue weighted by molar-refractivity contribution is 0.273. The number of aliphatic hydroxyl groups excluding tert-OH is 1. The van der Waals surface area contributed by atoms with Crippen LogP contribution in [-0.4, -0.2) is 11.7 Å². The van der Waals surface area contributed by atoms with Gasteiger partial charge in [0.1, 0.15) is 11.6 Å². The second kappa shape index (κ2) is 8.73. The third-order valence-electron chi connectivity index (χ3n) is 3.83. The Bertz CT molecular complexity index is 687. The molecule has 1 N–H and O–H groups in total. The van der Waals surface area contributed by atoms with Crippen LogP contribution in [0.4, 0.5) is 13.2 Å². The number of hydrogen-bond acceptors (Lipinski definition) is 2. The van der Waals surface area contributed by atoms with Crippen LogP contribution in [0.5, 0.6) is 5.75 Å². The van der Waals surface area contributed by atoms with Crippen molar-refractivity contribution in [2.24, 2.45) is 0 Å². The molecule has 0 saturated heterocycles. The summed E-state index contributed by atoms with van der Waals surface area (Å²) in [4.78, 5) is 0. The Kier molecular flexibility index (Phi) is 6.67. The zero-order valence-corrected chi connectivity index (χ0v) is 13.6. The minimum Gasteiger partial charge on any atom is -0.493 e. The highest BCUT2D eigenvalue weighted by molar-refractivity contribution is 5.66. The normalized spacial score (nSPS) is 10.9. The standard InChI is InChI=1S/C19H21F3O2/c1-2-3-4-5-10-24-14-7-9-15(17(20)11-14)16-8-6-13(12-23)18(21)19(16)22/h6-9,11,23H,2-5,10,12H2,1H3. The van der Waals surface area contributed by atoms with Crippen molar-refractivity contribution >= 4 is 0 Å². The van der Waals surface area contributed by atoms with Gasteiger partial charge in [0.05, 0.1) is 13.2 Å². The zero-order valence-electron chi connectivity index (χ0n) is 13.6. The molecule has 0 aliphatic heterocycles. The molecule has 5 heteroatoms. The smallest absolute Gasteiger partial charge is 0.167 e. The Morgan fingerprint density at radius 3 is 2.33 bits per heavy atom. The van der Waals surface area contributed by atoms with Gasteiger partial charge < -0.3 is 9.84 Å². The van der Waals surface area contributed by atoms with Crippen molar-refractivity contribution in [3.8, 4) is 16.9 Å². The molecular formula is C19H21F3O2. The molecule has 24 heavy (non-hydrogen) atoms. The van der Waals surface area contributed by atoms with Crippen molar-refractivity contribution in [3.05, 3.63) is 53.3 Å². The van der Waals surface area contributed by atoms with Crippen LogP contribution in [0.3, 0.4) is 0 Å². The third-order valence-corrected chi connectivity index (χ3v) is 3.83. The highest BCUT2D eigenvalue weighted by Gasteiger charge is 2.17. The molecule has 0 bridgehead atoms. The Morgan fingerprint density at radius 2 is 1.67 bits per heavy atom. The minimum absolute atomic E-state index is 0.0470. The first-order valence-corrected chi connectivity index (χ1v) is 8.09. The van der Waals surface area contributed by atoms with E-state index in [1.165, 1.54) is 30.3 Å². The van der Waals surface area contributed by atoms with Crippen molar-refractivity contribution in [1.29, 1.82) is 0 Å². The number of rotatable bonds is 8. The molecule has 0 heterocycles. The van der Waals surface area contributed by atoms with E-state index >= 15 is 0 Å². The first kappa shape index (κ1) is 18.3. The predicted molar refractivity (Wildman–Crippen MR) is 87.3 cm³/mol. The zero-order chi connectivity index (χ0) is 17.5. The van der Waals surface area contributed by atoms with Crippen molar-refractivity contribution < 1.29 is 23.0 Å². The van der Waals surface area contributed by atoms with Gasteiger partial charge in [-0.15, -0.1) is 0 Å². The van der Waals surface area contributed by atoms with E-state index in [4.69, 9.17) is 9.84 Å². The SMILES string of the molecule is CCCCCCOc1ccc(-c2ccc(CO)c(F)c2F)c(F)c1. The topological polar surface area (TPSA) is 29.5 Å². The van der Waals surface area contributed by atoms with Crippen LogP contribution in [0.2, 0.25) is 0 Å². The van der Waals surface area contributed by atoms with Gasteiger partial charge in [-0.25, -0.2) is 13.2 Å². The van der Waals surface area contributed by atoms with Gasteiger partial charge in [-0.2, -0.15) is 0 Å². The van der Waals surface area contributed by atoms with Gasteiger partial charge in [-0.05, 0) is 18.6 Å². The first-order valence-electron chi connectivity index (χ1n) is 8.09. The van der Waals surface area contributed by atoms with Crippen molar-refractivity contribution in [1.82, 2.24) is 0 Å². The Morgan fingerprint density at radius 1 is 0.917 bits per heavy atom. The maximum atomic E-state index is 14.2. The number of halogens is 3. The van der Waals surface area contributed by atoms with E-state index < -0.39 is 24.1 Å². The molecule has 0 atom stereocenters. The Balaban J connectivity index is 2.14. The van der Waals surface area contributed by atoms with Crippen LogP contribution in [0.25, 0.3) is 11.1 Å². The fourth-order valence-corrected chi connectivity index (χ4v) is 2.44. The van der Waals surface area contributed by atoms with Crippen LogP contribution < -0.4 is 4.74 Å². The highest BCUT2D eigenvalue weighted by atomic mass is 19.2. The molecule has 0 aliphatic rings. The molecule has 2 aromatic carbocycles. The summed E-state index contributed by atoms with van der Waals surface area (Å²) < 4.78 is 47.5. The van der Waals surface area contributed by atoms with Gasteiger partial charge in [-0.1, -0.05) is 38.3 Å². The molecule has 0 aliphatic carbocycles. The van der Waals surface area contributed by atoms with Gasteiger partial charge >= 0.3 is 0 Å². The van der Waals surface area contributed by atoms with Crippen molar-refractivity contribution in [3.63, 3.8) is 0 Å². The van der Waals surface area contributed by atoms with E-state index in [-0.39, 0.29) is 16.7 Å². The van der Waals surface area contributed by atoms with Crippen LogP contribution in [0.15, 0.2) is 30.3 Å². The summed E-state index contributed by atoms with van der Waals surface area (Å²) in [6.45, 7) is 1.99. The van der Waals surface area contributed by atoms with Crippen LogP contribution in [0.1, 0.15) is 38.2 Å². The summed E-state index contributed by atoms with van der Waals surface area (Å²) in [5.41, 5.74) is -0.394. The van der Waals surface area contributed by atoms with E-state index in [2.05, 4.69) is 6.92 Å². The first-order chi connectivity index (χ1) is 11.6. The van der Waals surface area contributed by atoms with Gasteiger partial charge in [0.25, 0.3) is 0 Å². The summed E-state index contributed by atoms with van der Waals surface area (Å²) in [6, 6.07) is 6.58. The maximum Gasteiger partial charge on any atom is 0.167 e. The summed E-state index contributed by atoms with van der Waals surface area (Å²) in [5, 5.41) is 8.93. The van der Waals surface area contributed by atoms with Crippen LogP contribution >= 0.6 is 0 Å². The Labute approximate surface area is 139 Å². The molecule has 0 radical (unpaired) electrons. The van der Waals surface area contributed by atoms with Gasteiger partial charge in [0.15, 0.2) is 11.6 Å². The summed E-state index contributed by atoms with van der Waals surface area (Å²) in [6.07, 6.45) is 4.20. The molecule has 0 amide bonds. The lowest BCUT2D eigenvalue weighted by atomic mass is 10.0. The summed E-state index contributed by atoms with van der Waals surface area (Å²) in [7, 11) is 0. The highest BCUT2D eigenvalue weighted by Crippen LogP contribution is 2.30. The fraction of sp³-hybridized carbons (Fsp3) is 0.368. The molecule has 0 spiro atoms. The molecule has 2 aromatic rings. The predicted octanol–water partition coefficient (Wildman–Crippen LogP) is 5.22. The molecule has 2 nitrogen and oxygen atoms in total. The number of benzene rings is 2. The summed E-state index contributed by atoms with van der Waals surface area (Å²) in [5.74, 6) is -2.66. The molecule has 0 saturated carbocycles. The van der Waals surface area contributed by atoms with Crippen molar-refractivity contribution in [2.45, 2.75) is 39.2 Å². The molecular weight excluding hydrogens is 317 g/mol. The number of ether oxygens (including phenoxy) is 1. The number of aliphatic hydroxyl groups is 1. The van der Waals surface area contributed by atoms with E-state index in [1.807, 2.05) is 0 Å². The molecule has 0 unspecified atom stereocenters. The average Bonchev–Trinajstić information content (AvgIpc) is 2.58.